The van der Waals surface area contributed by atoms with Gasteiger partial charge in [0.25, 0.3) is 0 Å². The van der Waals surface area contributed by atoms with Crippen molar-refractivity contribution in [3.8, 4) is 0 Å². The van der Waals surface area contributed by atoms with E-state index < -0.39 is 0 Å². The van der Waals surface area contributed by atoms with Crippen molar-refractivity contribution in [2.45, 2.75) is 25.3 Å². The van der Waals surface area contributed by atoms with E-state index in [9.17, 15) is 0 Å². The molecule has 0 aromatic heterocycles. The lowest BCUT2D eigenvalue weighted by Crippen LogP contribution is -2.36. The SMILES string of the molecule is NC(CCN1CCC(CO)CC1)c1ccc(Br)cc1. The highest BCUT2D eigenvalue weighted by Gasteiger charge is 2.18. The molecule has 1 aliphatic heterocycles. The zero-order valence-corrected chi connectivity index (χ0v) is 12.8. The molecule has 1 atom stereocenters. The molecule has 0 spiro atoms. The van der Waals surface area contributed by atoms with Crippen LogP contribution in [0.2, 0.25) is 0 Å². The Labute approximate surface area is 123 Å². The Morgan fingerprint density at radius 1 is 1.26 bits per heavy atom. The van der Waals surface area contributed by atoms with Crippen LogP contribution >= 0.6 is 15.9 Å². The summed E-state index contributed by atoms with van der Waals surface area (Å²) in [6, 6.07) is 8.38. The minimum atomic E-state index is 0.115. The fraction of sp³-hybridized carbons (Fsp3) is 0.600. The van der Waals surface area contributed by atoms with Crippen LogP contribution in [0.1, 0.15) is 30.9 Å². The molecule has 1 aliphatic rings. The summed E-state index contributed by atoms with van der Waals surface area (Å²) in [6.07, 6.45) is 3.22. The smallest absolute Gasteiger partial charge is 0.0460 e. The number of likely N-dealkylation sites (tertiary alicyclic amines) is 1. The fourth-order valence-electron chi connectivity index (χ4n) is 2.59. The maximum atomic E-state index is 9.12. The summed E-state index contributed by atoms with van der Waals surface area (Å²) >= 11 is 3.44. The van der Waals surface area contributed by atoms with E-state index in [-0.39, 0.29) is 6.04 Å². The number of benzene rings is 1. The van der Waals surface area contributed by atoms with E-state index in [1.54, 1.807) is 0 Å². The Hall–Kier alpha value is -0.420. The topological polar surface area (TPSA) is 49.5 Å². The van der Waals surface area contributed by atoms with E-state index >= 15 is 0 Å². The molecule has 2 rings (SSSR count). The maximum absolute atomic E-state index is 9.12. The van der Waals surface area contributed by atoms with Crippen molar-refractivity contribution < 1.29 is 5.11 Å². The van der Waals surface area contributed by atoms with Crippen LogP contribution in [0.25, 0.3) is 0 Å². The van der Waals surface area contributed by atoms with Crippen molar-refractivity contribution in [3.05, 3.63) is 34.3 Å². The molecule has 1 fully saturated rings. The van der Waals surface area contributed by atoms with E-state index in [2.05, 4.69) is 33.0 Å². The van der Waals surface area contributed by atoms with Crippen molar-refractivity contribution in [2.24, 2.45) is 11.7 Å². The van der Waals surface area contributed by atoms with Gasteiger partial charge in [-0.2, -0.15) is 0 Å². The summed E-state index contributed by atoms with van der Waals surface area (Å²) in [7, 11) is 0. The third-order valence-corrected chi connectivity index (χ3v) is 4.55. The average molecular weight is 327 g/mol. The highest BCUT2D eigenvalue weighted by molar-refractivity contribution is 9.10. The van der Waals surface area contributed by atoms with Crippen LogP contribution in [0.3, 0.4) is 0 Å². The highest BCUT2D eigenvalue weighted by Crippen LogP contribution is 2.20. The third-order valence-electron chi connectivity index (χ3n) is 4.02. The van der Waals surface area contributed by atoms with Crippen molar-refractivity contribution >= 4 is 15.9 Å². The van der Waals surface area contributed by atoms with E-state index in [0.717, 1.165) is 43.4 Å². The number of aliphatic hydroxyl groups excluding tert-OH is 1. The first-order valence-corrected chi connectivity index (χ1v) is 7.82. The molecular formula is C15H23BrN2O. The summed E-state index contributed by atoms with van der Waals surface area (Å²) in [4.78, 5) is 2.46. The lowest BCUT2D eigenvalue weighted by atomic mass is 9.97. The van der Waals surface area contributed by atoms with Gasteiger partial charge in [0.1, 0.15) is 0 Å². The molecule has 0 saturated carbocycles. The molecule has 19 heavy (non-hydrogen) atoms. The molecule has 1 unspecified atom stereocenters. The number of halogens is 1. The molecular weight excluding hydrogens is 304 g/mol. The van der Waals surface area contributed by atoms with Gasteiger partial charge in [0.05, 0.1) is 0 Å². The number of rotatable bonds is 5. The molecule has 0 radical (unpaired) electrons. The quantitative estimate of drug-likeness (QED) is 0.874. The Morgan fingerprint density at radius 3 is 2.47 bits per heavy atom. The second kappa shape index (κ2) is 7.39. The summed E-state index contributed by atoms with van der Waals surface area (Å²) in [6.45, 7) is 3.58. The van der Waals surface area contributed by atoms with Crippen molar-refractivity contribution in [1.82, 2.24) is 4.90 Å². The van der Waals surface area contributed by atoms with E-state index in [4.69, 9.17) is 10.8 Å². The summed E-state index contributed by atoms with van der Waals surface area (Å²) in [5, 5.41) is 9.12. The minimum absolute atomic E-state index is 0.115. The predicted molar refractivity (Wildman–Crippen MR) is 81.9 cm³/mol. The normalized spacial score (nSPS) is 19.5. The van der Waals surface area contributed by atoms with Crippen LogP contribution in [0.15, 0.2) is 28.7 Å². The maximum Gasteiger partial charge on any atom is 0.0460 e. The number of nitrogens with two attached hydrogens (primary N) is 1. The first kappa shape index (κ1) is 15.0. The molecule has 1 aromatic carbocycles. The largest absolute Gasteiger partial charge is 0.396 e. The number of nitrogens with zero attached hydrogens (tertiary/aromatic N) is 1. The number of hydrogen-bond donors (Lipinski definition) is 2. The van der Waals surface area contributed by atoms with Gasteiger partial charge >= 0.3 is 0 Å². The van der Waals surface area contributed by atoms with Gasteiger partial charge in [-0.25, -0.2) is 0 Å². The zero-order chi connectivity index (χ0) is 13.7. The second-order valence-electron chi connectivity index (χ2n) is 5.41. The summed E-state index contributed by atoms with van der Waals surface area (Å²) in [5.41, 5.74) is 7.44. The van der Waals surface area contributed by atoms with Gasteiger partial charge in [0, 0.05) is 17.1 Å². The van der Waals surface area contributed by atoms with Gasteiger partial charge in [0.2, 0.25) is 0 Å². The monoisotopic (exact) mass is 326 g/mol. The van der Waals surface area contributed by atoms with Crippen LogP contribution in [-0.4, -0.2) is 36.2 Å². The Kier molecular flexibility index (Phi) is 5.82. The van der Waals surface area contributed by atoms with Crippen LogP contribution < -0.4 is 5.73 Å². The molecule has 1 heterocycles. The Morgan fingerprint density at radius 2 is 1.89 bits per heavy atom. The average Bonchev–Trinajstić information content (AvgIpc) is 2.46. The summed E-state index contributed by atoms with van der Waals surface area (Å²) < 4.78 is 1.09. The van der Waals surface area contributed by atoms with Gasteiger partial charge in [0.15, 0.2) is 0 Å². The molecule has 3 N–H and O–H groups in total. The number of piperidine rings is 1. The van der Waals surface area contributed by atoms with E-state index in [1.165, 1.54) is 5.56 Å². The summed E-state index contributed by atoms with van der Waals surface area (Å²) in [5.74, 6) is 0.511. The number of aliphatic hydroxyl groups is 1. The van der Waals surface area contributed by atoms with E-state index in [1.807, 2.05) is 12.1 Å². The van der Waals surface area contributed by atoms with Gasteiger partial charge in [-0.05, 0) is 62.5 Å². The highest BCUT2D eigenvalue weighted by atomic mass is 79.9. The minimum Gasteiger partial charge on any atom is -0.396 e. The van der Waals surface area contributed by atoms with Crippen molar-refractivity contribution in [2.75, 3.05) is 26.2 Å². The van der Waals surface area contributed by atoms with Crippen LogP contribution in [-0.2, 0) is 0 Å². The zero-order valence-electron chi connectivity index (χ0n) is 11.3. The van der Waals surface area contributed by atoms with Crippen LogP contribution in [0.4, 0.5) is 0 Å². The van der Waals surface area contributed by atoms with Crippen molar-refractivity contribution in [1.29, 1.82) is 0 Å². The van der Waals surface area contributed by atoms with Gasteiger partial charge in [-0.1, -0.05) is 28.1 Å². The van der Waals surface area contributed by atoms with Gasteiger partial charge in [-0.15, -0.1) is 0 Å². The molecule has 4 heteroatoms. The molecule has 106 valence electrons. The first-order chi connectivity index (χ1) is 9.19. The number of hydrogen-bond acceptors (Lipinski definition) is 3. The predicted octanol–water partition coefficient (Wildman–Crippen LogP) is 2.54. The lowest BCUT2D eigenvalue weighted by Gasteiger charge is -2.31. The van der Waals surface area contributed by atoms with Gasteiger partial charge < -0.3 is 15.7 Å². The lowest BCUT2D eigenvalue weighted by molar-refractivity contribution is 0.129. The first-order valence-electron chi connectivity index (χ1n) is 7.03. The van der Waals surface area contributed by atoms with Crippen LogP contribution in [0.5, 0.6) is 0 Å². The van der Waals surface area contributed by atoms with Crippen LogP contribution in [0, 0.1) is 5.92 Å². The fourth-order valence-corrected chi connectivity index (χ4v) is 2.86. The van der Waals surface area contributed by atoms with Gasteiger partial charge in [-0.3, -0.25) is 0 Å². The molecule has 3 nitrogen and oxygen atoms in total. The molecule has 0 aliphatic carbocycles. The molecule has 0 amide bonds. The second-order valence-corrected chi connectivity index (χ2v) is 6.33. The molecule has 0 bridgehead atoms. The van der Waals surface area contributed by atoms with E-state index in [0.29, 0.717) is 12.5 Å². The standard InChI is InChI=1S/C15H23BrN2O/c16-14-3-1-13(2-4-14)15(17)7-10-18-8-5-12(11-19)6-9-18/h1-4,12,15,19H,5-11,17H2. The molecule has 1 aromatic rings. The third kappa shape index (κ3) is 4.56. The van der Waals surface area contributed by atoms with Crippen molar-refractivity contribution in [3.63, 3.8) is 0 Å². The Balaban J connectivity index is 1.75. The Bertz CT molecular complexity index is 374. The molecule has 1 saturated heterocycles.